The lowest BCUT2D eigenvalue weighted by molar-refractivity contribution is 0.0523. The quantitative estimate of drug-likeness (QED) is 0.646. The van der Waals surface area contributed by atoms with Gasteiger partial charge in [-0.15, -0.1) is 0 Å². The third-order valence-corrected chi connectivity index (χ3v) is 5.29. The Hall–Kier alpha value is -3.11. The predicted octanol–water partition coefficient (Wildman–Crippen LogP) is 4.52. The van der Waals surface area contributed by atoms with E-state index in [1.165, 1.54) is 0 Å². The van der Waals surface area contributed by atoms with Crippen LogP contribution in [0, 0.1) is 0 Å². The predicted molar refractivity (Wildman–Crippen MR) is 100 cm³/mol. The van der Waals surface area contributed by atoms with Gasteiger partial charge in [0, 0.05) is 5.56 Å². The molecule has 4 nitrogen and oxygen atoms in total. The number of epoxide rings is 1. The van der Waals surface area contributed by atoms with Crippen LogP contribution in [-0.4, -0.2) is 18.5 Å². The molecule has 3 aromatic rings. The molecule has 1 saturated heterocycles. The smallest absolute Gasteiger partial charge is 0.205 e. The van der Waals surface area contributed by atoms with Gasteiger partial charge in [-0.05, 0) is 23.8 Å². The van der Waals surface area contributed by atoms with Crippen molar-refractivity contribution in [3.05, 3.63) is 95.6 Å². The molecule has 134 valence electrons. The number of carbonyl (C=O) groups is 1. The number of hydrogen-bond acceptors (Lipinski definition) is 4. The van der Waals surface area contributed by atoms with Gasteiger partial charge in [-0.1, -0.05) is 60.7 Å². The van der Waals surface area contributed by atoms with Crippen molar-refractivity contribution in [1.82, 2.24) is 0 Å². The van der Waals surface area contributed by atoms with Gasteiger partial charge in [-0.3, -0.25) is 4.79 Å². The van der Waals surface area contributed by atoms with Crippen molar-refractivity contribution in [2.75, 3.05) is 7.11 Å². The van der Waals surface area contributed by atoms with Crippen LogP contribution < -0.4 is 9.47 Å². The zero-order chi connectivity index (χ0) is 18.4. The number of hydrogen-bond donors (Lipinski definition) is 0. The van der Waals surface area contributed by atoms with Crippen molar-refractivity contribution >= 4 is 5.78 Å². The first-order chi connectivity index (χ1) is 13.3. The molecule has 0 bridgehead atoms. The summed E-state index contributed by atoms with van der Waals surface area (Å²) in [5, 5.41) is 0. The van der Waals surface area contributed by atoms with Crippen molar-refractivity contribution in [1.29, 1.82) is 0 Å². The topological polar surface area (TPSA) is 48.1 Å². The normalized spacial score (nSPS) is 25.6. The van der Waals surface area contributed by atoms with E-state index in [-0.39, 0.29) is 5.78 Å². The minimum Gasteiger partial charge on any atom is -0.496 e. The second-order valence-electron chi connectivity index (χ2n) is 6.77. The van der Waals surface area contributed by atoms with Gasteiger partial charge in [0.15, 0.2) is 6.10 Å². The maximum absolute atomic E-state index is 13.5. The Morgan fingerprint density at radius 3 is 2.37 bits per heavy atom. The summed E-state index contributed by atoms with van der Waals surface area (Å²) in [5.74, 6) is 1.25. The number of carbonyl (C=O) groups excluding carboxylic acids is 1. The maximum Gasteiger partial charge on any atom is 0.205 e. The van der Waals surface area contributed by atoms with Gasteiger partial charge < -0.3 is 14.2 Å². The number of rotatable bonds is 3. The van der Waals surface area contributed by atoms with Gasteiger partial charge in [0.05, 0.1) is 12.7 Å². The van der Waals surface area contributed by atoms with E-state index in [0.717, 1.165) is 11.1 Å². The van der Waals surface area contributed by atoms with E-state index < -0.39 is 17.8 Å². The van der Waals surface area contributed by atoms with Crippen LogP contribution in [-0.2, 0) is 4.74 Å². The van der Waals surface area contributed by atoms with Gasteiger partial charge >= 0.3 is 0 Å². The number of fused-ring (bicyclic) bond motifs is 1. The molecule has 0 radical (unpaired) electrons. The zero-order valence-electron chi connectivity index (χ0n) is 14.8. The molecule has 3 aromatic carbocycles. The number of ketones is 1. The molecular weight excluding hydrogens is 340 g/mol. The molecule has 4 heteroatoms. The summed E-state index contributed by atoms with van der Waals surface area (Å²) in [6.45, 7) is 0. The van der Waals surface area contributed by atoms with E-state index in [9.17, 15) is 4.79 Å². The molecule has 0 N–H and O–H groups in total. The van der Waals surface area contributed by atoms with Gasteiger partial charge in [0.2, 0.25) is 11.4 Å². The van der Waals surface area contributed by atoms with E-state index in [4.69, 9.17) is 14.2 Å². The lowest BCUT2D eigenvalue weighted by Crippen LogP contribution is -2.40. The van der Waals surface area contributed by atoms with Crippen LogP contribution in [0.2, 0.25) is 0 Å². The van der Waals surface area contributed by atoms with Crippen LogP contribution in [0.5, 0.6) is 11.5 Å². The first-order valence-corrected chi connectivity index (χ1v) is 8.92. The molecule has 5 rings (SSSR count). The zero-order valence-corrected chi connectivity index (χ0v) is 14.8. The number of para-hydroxylation sites is 2. The van der Waals surface area contributed by atoms with Crippen molar-refractivity contribution in [2.24, 2.45) is 0 Å². The van der Waals surface area contributed by atoms with Crippen LogP contribution in [0.1, 0.15) is 33.7 Å². The van der Waals surface area contributed by atoms with Crippen molar-refractivity contribution in [2.45, 2.75) is 17.8 Å². The van der Waals surface area contributed by atoms with Gasteiger partial charge in [-0.2, -0.15) is 0 Å². The summed E-state index contributed by atoms with van der Waals surface area (Å²) in [6, 6.07) is 24.7. The Morgan fingerprint density at radius 2 is 1.56 bits per heavy atom. The molecular formula is C23H18O4. The number of Topliss-reactive ketones (excluding diaryl/α,β-unsaturated/α-hetero) is 1. The number of benzene rings is 3. The Labute approximate surface area is 157 Å². The van der Waals surface area contributed by atoms with E-state index >= 15 is 0 Å². The summed E-state index contributed by atoms with van der Waals surface area (Å²) < 4.78 is 18.0. The third-order valence-electron chi connectivity index (χ3n) is 5.29. The summed E-state index contributed by atoms with van der Waals surface area (Å²) in [4.78, 5) is 13.5. The fourth-order valence-electron chi connectivity index (χ4n) is 3.95. The van der Waals surface area contributed by atoms with Crippen LogP contribution in [0.4, 0.5) is 0 Å². The molecule has 0 amide bonds. The van der Waals surface area contributed by atoms with Crippen LogP contribution in [0.15, 0.2) is 78.9 Å². The summed E-state index contributed by atoms with van der Waals surface area (Å²) >= 11 is 0. The second kappa shape index (κ2) is 5.96. The minimum atomic E-state index is -1.08. The summed E-state index contributed by atoms with van der Waals surface area (Å²) in [5.41, 5.74) is 1.25. The molecule has 1 fully saturated rings. The second-order valence-corrected chi connectivity index (χ2v) is 6.77. The van der Waals surface area contributed by atoms with Crippen molar-refractivity contribution < 1.29 is 19.0 Å². The fourth-order valence-corrected chi connectivity index (χ4v) is 3.95. The SMILES string of the molecule is COc1ccccc1C1O[C@]12C(=O)c1ccccc1O[C@H]2c1ccccc1. The molecule has 0 aliphatic carbocycles. The monoisotopic (exact) mass is 358 g/mol. The van der Waals surface area contributed by atoms with E-state index in [1.54, 1.807) is 13.2 Å². The first-order valence-electron chi connectivity index (χ1n) is 8.92. The average molecular weight is 358 g/mol. The van der Waals surface area contributed by atoms with Gasteiger partial charge in [0.1, 0.15) is 17.6 Å². The maximum atomic E-state index is 13.5. The van der Waals surface area contributed by atoms with Gasteiger partial charge in [-0.25, -0.2) is 0 Å². The molecule has 27 heavy (non-hydrogen) atoms. The molecule has 3 atom stereocenters. The Morgan fingerprint density at radius 1 is 0.852 bits per heavy atom. The third kappa shape index (κ3) is 2.30. The van der Waals surface area contributed by atoms with Crippen molar-refractivity contribution in [3.8, 4) is 11.5 Å². The Kier molecular flexibility index (Phi) is 3.55. The van der Waals surface area contributed by atoms with Crippen LogP contribution in [0.3, 0.4) is 0 Å². The fraction of sp³-hybridized carbons (Fsp3) is 0.174. The Bertz CT molecular complexity index is 1010. The largest absolute Gasteiger partial charge is 0.496 e. The molecule has 1 spiro atoms. The highest BCUT2D eigenvalue weighted by molar-refractivity contribution is 6.08. The number of methoxy groups -OCH3 is 1. The molecule has 1 unspecified atom stereocenters. The van der Waals surface area contributed by atoms with E-state index in [0.29, 0.717) is 17.1 Å². The summed E-state index contributed by atoms with van der Waals surface area (Å²) in [7, 11) is 1.62. The molecule has 2 aliphatic rings. The lowest BCUT2D eigenvalue weighted by atomic mass is 9.81. The highest BCUT2D eigenvalue weighted by Crippen LogP contribution is 2.63. The highest BCUT2D eigenvalue weighted by atomic mass is 16.6. The van der Waals surface area contributed by atoms with E-state index in [2.05, 4.69) is 0 Å². The van der Waals surface area contributed by atoms with Crippen molar-refractivity contribution in [3.63, 3.8) is 0 Å². The van der Waals surface area contributed by atoms with E-state index in [1.807, 2.05) is 72.8 Å². The standard InChI is InChI=1S/C23H18O4/c1-25-18-13-7-6-12-17(18)22-23(27-22)20(24)16-11-5-8-14-19(16)26-21(23)15-9-3-2-4-10-15/h2-14,21-22H,1H3/t21-,22?,23-/m0/s1. The Balaban J connectivity index is 1.66. The molecule has 2 heterocycles. The lowest BCUT2D eigenvalue weighted by Gasteiger charge is -2.31. The van der Waals surface area contributed by atoms with Crippen LogP contribution >= 0.6 is 0 Å². The highest BCUT2D eigenvalue weighted by Gasteiger charge is 2.71. The summed E-state index contributed by atoms with van der Waals surface area (Å²) in [6.07, 6.45) is -0.935. The molecule has 2 aliphatic heterocycles. The minimum absolute atomic E-state index is 0.0471. The average Bonchev–Trinajstić information content (AvgIpc) is 3.47. The van der Waals surface area contributed by atoms with Crippen LogP contribution in [0.25, 0.3) is 0 Å². The molecule has 0 saturated carbocycles. The first kappa shape index (κ1) is 16.1. The number of ether oxygens (including phenoxy) is 3. The van der Waals surface area contributed by atoms with Gasteiger partial charge in [0.25, 0.3) is 0 Å². The molecule has 0 aromatic heterocycles.